The Labute approximate surface area is 197 Å². The number of rotatable bonds is 7. The molecule has 2 aromatic heterocycles. The highest BCUT2D eigenvalue weighted by Crippen LogP contribution is 2.33. The molecule has 1 unspecified atom stereocenters. The number of aromatic nitrogens is 4. The molecule has 0 saturated heterocycles. The van der Waals surface area contributed by atoms with Gasteiger partial charge in [0.2, 0.25) is 5.95 Å². The molecular formula is C25H27N5O4. The van der Waals surface area contributed by atoms with Gasteiger partial charge in [-0.05, 0) is 37.1 Å². The first kappa shape index (κ1) is 21.9. The number of benzene rings is 2. The van der Waals surface area contributed by atoms with Crippen LogP contribution in [0.4, 0.5) is 5.95 Å². The third-order valence-corrected chi connectivity index (χ3v) is 6.28. The van der Waals surface area contributed by atoms with E-state index in [1.54, 1.807) is 25.8 Å². The summed E-state index contributed by atoms with van der Waals surface area (Å²) < 4.78 is 18.1. The number of nitrogens with one attached hydrogen (secondary N) is 1. The Balaban J connectivity index is 1.59. The molecule has 1 fully saturated rings. The van der Waals surface area contributed by atoms with E-state index in [0.29, 0.717) is 53.8 Å². The molecule has 1 aliphatic rings. The highest BCUT2D eigenvalue weighted by Gasteiger charge is 2.26. The van der Waals surface area contributed by atoms with Gasteiger partial charge in [-0.25, -0.2) is 9.97 Å². The zero-order valence-electron chi connectivity index (χ0n) is 19.5. The number of nitrogens with zero attached hydrogens (tertiary/aromatic N) is 4. The van der Waals surface area contributed by atoms with Gasteiger partial charge >= 0.3 is 0 Å². The van der Waals surface area contributed by atoms with Gasteiger partial charge in [0.15, 0.2) is 11.5 Å². The van der Waals surface area contributed by atoms with Crippen molar-refractivity contribution < 1.29 is 19.0 Å². The SMILES string of the molecule is COc1ccc(CNc2nc3c(OC)cccc3c3nc(C4CCCC(=O)C4)nn23)c(OC)c1. The normalized spacial score (nSPS) is 16.1. The molecule has 9 heteroatoms. The molecule has 0 aliphatic heterocycles. The van der Waals surface area contributed by atoms with Crippen LogP contribution in [0.2, 0.25) is 0 Å². The lowest BCUT2D eigenvalue weighted by atomic mass is 9.88. The van der Waals surface area contributed by atoms with Crippen LogP contribution in [0.15, 0.2) is 36.4 Å². The minimum Gasteiger partial charge on any atom is -0.497 e. The van der Waals surface area contributed by atoms with Crippen molar-refractivity contribution in [1.29, 1.82) is 0 Å². The lowest BCUT2D eigenvalue weighted by Crippen LogP contribution is -2.14. The van der Waals surface area contributed by atoms with Crippen LogP contribution in [0.25, 0.3) is 16.6 Å². The highest BCUT2D eigenvalue weighted by atomic mass is 16.5. The Hall–Kier alpha value is -3.88. The first-order valence-corrected chi connectivity index (χ1v) is 11.3. The lowest BCUT2D eigenvalue weighted by molar-refractivity contribution is -0.120. The standard InChI is InChI=1S/C25H27N5O4/c1-32-18-11-10-16(21(13-18)34-3)14-26-25-27-22-19(8-5-9-20(22)33-2)24-28-23(29-30(24)25)15-6-4-7-17(31)12-15/h5,8-11,13,15H,4,6-7,12,14H2,1-3H3,(H,26,27). The highest BCUT2D eigenvalue weighted by molar-refractivity contribution is 5.96. The molecule has 9 nitrogen and oxygen atoms in total. The second-order valence-corrected chi connectivity index (χ2v) is 8.36. The van der Waals surface area contributed by atoms with Crippen LogP contribution in [0.3, 0.4) is 0 Å². The molecule has 1 saturated carbocycles. The third-order valence-electron chi connectivity index (χ3n) is 6.28. The maximum atomic E-state index is 12.1. The maximum Gasteiger partial charge on any atom is 0.226 e. The van der Waals surface area contributed by atoms with Crippen molar-refractivity contribution in [3.8, 4) is 17.2 Å². The number of ketones is 1. The number of anilines is 1. The minimum absolute atomic E-state index is 0.0244. The van der Waals surface area contributed by atoms with Crippen LogP contribution < -0.4 is 19.5 Å². The number of fused-ring (bicyclic) bond motifs is 3. The Morgan fingerprint density at radius 1 is 1.06 bits per heavy atom. The van der Waals surface area contributed by atoms with Gasteiger partial charge in [-0.3, -0.25) is 4.79 Å². The summed E-state index contributed by atoms with van der Waals surface area (Å²) in [6.07, 6.45) is 2.90. The second-order valence-electron chi connectivity index (χ2n) is 8.36. The van der Waals surface area contributed by atoms with E-state index in [1.807, 2.05) is 36.4 Å². The number of para-hydroxylation sites is 1. The van der Waals surface area contributed by atoms with Crippen molar-refractivity contribution in [3.05, 3.63) is 47.8 Å². The van der Waals surface area contributed by atoms with Gasteiger partial charge in [-0.2, -0.15) is 4.52 Å². The molecule has 0 radical (unpaired) electrons. The average molecular weight is 462 g/mol. The summed E-state index contributed by atoms with van der Waals surface area (Å²) in [7, 11) is 4.88. The molecule has 4 aromatic rings. The first-order valence-electron chi connectivity index (χ1n) is 11.3. The van der Waals surface area contributed by atoms with Crippen LogP contribution in [0.5, 0.6) is 17.2 Å². The fourth-order valence-electron chi connectivity index (χ4n) is 4.49. The monoisotopic (exact) mass is 461 g/mol. The molecule has 0 amide bonds. The summed E-state index contributed by atoms with van der Waals surface area (Å²) in [6.45, 7) is 0.451. The molecule has 176 valence electrons. The molecule has 0 bridgehead atoms. The van der Waals surface area contributed by atoms with E-state index >= 15 is 0 Å². The van der Waals surface area contributed by atoms with Crippen molar-refractivity contribution in [2.45, 2.75) is 38.1 Å². The Morgan fingerprint density at radius 2 is 1.91 bits per heavy atom. The third kappa shape index (κ3) is 3.98. The van der Waals surface area contributed by atoms with Crippen molar-refractivity contribution in [3.63, 3.8) is 0 Å². The zero-order chi connectivity index (χ0) is 23.7. The van der Waals surface area contributed by atoms with Crippen LogP contribution in [-0.2, 0) is 11.3 Å². The smallest absolute Gasteiger partial charge is 0.226 e. The van der Waals surface area contributed by atoms with Crippen LogP contribution >= 0.6 is 0 Å². The number of hydrogen-bond donors (Lipinski definition) is 1. The van der Waals surface area contributed by atoms with E-state index < -0.39 is 0 Å². The molecule has 1 N–H and O–H groups in total. The van der Waals surface area contributed by atoms with Gasteiger partial charge in [0, 0.05) is 42.3 Å². The molecule has 34 heavy (non-hydrogen) atoms. The van der Waals surface area contributed by atoms with Gasteiger partial charge in [-0.1, -0.05) is 6.07 Å². The molecule has 2 heterocycles. The summed E-state index contributed by atoms with van der Waals surface area (Å²) >= 11 is 0. The average Bonchev–Trinajstić information content (AvgIpc) is 3.33. The molecule has 0 spiro atoms. The number of hydrogen-bond acceptors (Lipinski definition) is 8. The predicted molar refractivity (Wildman–Crippen MR) is 128 cm³/mol. The fraction of sp³-hybridized carbons (Fsp3) is 0.360. The lowest BCUT2D eigenvalue weighted by Gasteiger charge is -2.17. The number of carbonyl (C=O) groups excluding carboxylic acids is 1. The molecule has 1 atom stereocenters. The number of methoxy groups -OCH3 is 3. The van der Waals surface area contributed by atoms with Crippen molar-refractivity contribution in [2.24, 2.45) is 0 Å². The number of carbonyl (C=O) groups is 1. The molecule has 5 rings (SSSR count). The Kier molecular flexibility index (Phi) is 5.91. The van der Waals surface area contributed by atoms with E-state index in [2.05, 4.69) is 5.32 Å². The zero-order valence-corrected chi connectivity index (χ0v) is 19.5. The van der Waals surface area contributed by atoms with Gasteiger partial charge in [0.1, 0.15) is 28.5 Å². The van der Waals surface area contributed by atoms with Crippen molar-refractivity contribution in [1.82, 2.24) is 19.6 Å². The van der Waals surface area contributed by atoms with Gasteiger partial charge in [0.05, 0.1) is 21.3 Å². The first-order chi connectivity index (χ1) is 16.6. The Morgan fingerprint density at radius 3 is 2.68 bits per heavy atom. The molecule has 1 aliphatic carbocycles. The van der Waals surface area contributed by atoms with E-state index in [9.17, 15) is 4.79 Å². The van der Waals surface area contributed by atoms with Crippen LogP contribution in [0, 0.1) is 0 Å². The topological polar surface area (TPSA) is 99.9 Å². The number of Topliss-reactive ketones (excluding diaryl/α,β-unsaturated/α-hetero) is 1. The summed E-state index contributed by atoms with van der Waals surface area (Å²) in [6, 6.07) is 11.4. The minimum atomic E-state index is 0.0244. The Bertz CT molecular complexity index is 1370. The van der Waals surface area contributed by atoms with Gasteiger partial charge in [0.25, 0.3) is 0 Å². The van der Waals surface area contributed by atoms with Crippen LogP contribution in [0.1, 0.15) is 43.0 Å². The van der Waals surface area contributed by atoms with E-state index in [0.717, 1.165) is 29.5 Å². The molecule has 2 aromatic carbocycles. The van der Waals surface area contributed by atoms with Crippen molar-refractivity contribution >= 4 is 28.3 Å². The van der Waals surface area contributed by atoms with Crippen molar-refractivity contribution in [2.75, 3.05) is 26.6 Å². The van der Waals surface area contributed by atoms with Gasteiger partial charge in [-0.15, -0.1) is 5.10 Å². The van der Waals surface area contributed by atoms with Crippen LogP contribution in [-0.4, -0.2) is 46.7 Å². The summed E-state index contributed by atoms with van der Waals surface area (Å²) in [5, 5.41) is 9.03. The van der Waals surface area contributed by atoms with E-state index in [4.69, 9.17) is 29.3 Å². The molecular weight excluding hydrogens is 434 g/mol. The predicted octanol–water partition coefficient (Wildman–Crippen LogP) is 4.14. The fourth-order valence-corrected chi connectivity index (χ4v) is 4.49. The largest absolute Gasteiger partial charge is 0.497 e. The maximum absolute atomic E-state index is 12.1. The van der Waals surface area contributed by atoms with E-state index in [1.165, 1.54) is 0 Å². The van der Waals surface area contributed by atoms with Gasteiger partial charge < -0.3 is 19.5 Å². The number of ether oxygens (including phenoxy) is 3. The quantitative estimate of drug-likeness (QED) is 0.438. The summed E-state index contributed by atoms with van der Waals surface area (Å²) in [5.41, 5.74) is 2.32. The second kappa shape index (κ2) is 9.17. The van der Waals surface area contributed by atoms with E-state index in [-0.39, 0.29) is 11.7 Å². The summed E-state index contributed by atoms with van der Waals surface area (Å²) in [5.74, 6) is 3.59. The summed E-state index contributed by atoms with van der Waals surface area (Å²) in [4.78, 5) is 21.8.